The number of nitrogens with zero attached hydrogens (tertiary/aromatic N) is 2. The van der Waals surface area contributed by atoms with Crippen molar-refractivity contribution in [2.24, 2.45) is 0 Å². The van der Waals surface area contributed by atoms with Gasteiger partial charge >= 0.3 is 12.1 Å². The second-order valence-electron chi connectivity index (χ2n) is 7.39. The van der Waals surface area contributed by atoms with Gasteiger partial charge in [-0.3, -0.25) is 4.90 Å². The number of ether oxygens (including phenoxy) is 1. The maximum atomic E-state index is 12.6. The van der Waals surface area contributed by atoms with Crippen LogP contribution >= 0.6 is 0 Å². The first kappa shape index (κ1) is 19.0. The van der Waals surface area contributed by atoms with E-state index in [0.29, 0.717) is 30.2 Å². The second-order valence-corrected chi connectivity index (χ2v) is 7.39. The van der Waals surface area contributed by atoms with E-state index in [9.17, 15) is 9.59 Å². The Morgan fingerprint density at radius 1 is 0.935 bits per heavy atom. The summed E-state index contributed by atoms with van der Waals surface area (Å²) in [6, 6.07) is 21.0. The summed E-state index contributed by atoms with van der Waals surface area (Å²) in [7, 11) is 0. The Morgan fingerprint density at radius 2 is 1.71 bits per heavy atom. The summed E-state index contributed by atoms with van der Waals surface area (Å²) in [5.74, 6) is 0. The molecule has 1 aliphatic heterocycles. The average Bonchev–Trinajstić information content (AvgIpc) is 3.34. The molecule has 0 atom stereocenters. The molecule has 7 nitrogen and oxygen atoms in total. The third kappa shape index (κ3) is 3.44. The van der Waals surface area contributed by atoms with Gasteiger partial charge in [0.05, 0.1) is 6.54 Å². The van der Waals surface area contributed by atoms with Gasteiger partial charge in [0, 0.05) is 45.4 Å². The van der Waals surface area contributed by atoms with Crippen molar-refractivity contribution < 1.29 is 14.3 Å². The first-order chi connectivity index (χ1) is 15.1. The number of anilines is 3. The van der Waals surface area contributed by atoms with E-state index >= 15 is 0 Å². The number of fused-ring (bicyclic) bond motifs is 3. The van der Waals surface area contributed by atoms with E-state index < -0.39 is 0 Å². The summed E-state index contributed by atoms with van der Waals surface area (Å²) in [6.45, 7) is 3.87. The SMILES string of the molecule is CCn1c2ccccc2c2cc(NC(=O)Nc3cccc(N4CCOC4=O)c3)ccc21. The van der Waals surface area contributed by atoms with Gasteiger partial charge in [-0.25, -0.2) is 9.59 Å². The minimum absolute atomic E-state index is 0.347. The Kier molecular flexibility index (Phi) is 4.71. The van der Waals surface area contributed by atoms with Gasteiger partial charge in [-0.1, -0.05) is 24.3 Å². The predicted molar refractivity (Wildman–Crippen MR) is 123 cm³/mol. The first-order valence-corrected chi connectivity index (χ1v) is 10.3. The molecule has 0 unspecified atom stereocenters. The van der Waals surface area contributed by atoms with Crippen molar-refractivity contribution in [3.05, 3.63) is 66.7 Å². The molecule has 4 aromatic rings. The Balaban J connectivity index is 1.37. The number of benzene rings is 3. The maximum absolute atomic E-state index is 12.6. The normalized spacial score (nSPS) is 13.6. The lowest BCUT2D eigenvalue weighted by Crippen LogP contribution is -2.24. The highest BCUT2D eigenvalue weighted by molar-refractivity contribution is 6.10. The topological polar surface area (TPSA) is 75.6 Å². The minimum atomic E-state index is -0.374. The second kappa shape index (κ2) is 7.68. The molecule has 3 amide bonds. The molecule has 1 aliphatic rings. The summed E-state index contributed by atoms with van der Waals surface area (Å²) in [5.41, 5.74) is 4.31. The number of hydrogen-bond donors (Lipinski definition) is 2. The zero-order valence-electron chi connectivity index (χ0n) is 17.1. The number of hydrogen-bond acceptors (Lipinski definition) is 3. The molecule has 0 spiro atoms. The number of carbonyl (C=O) groups is 2. The highest BCUT2D eigenvalue weighted by Gasteiger charge is 2.23. The van der Waals surface area contributed by atoms with E-state index in [4.69, 9.17) is 4.74 Å². The lowest BCUT2D eigenvalue weighted by atomic mass is 10.1. The van der Waals surface area contributed by atoms with Crippen LogP contribution in [0.5, 0.6) is 0 Å². The van der Waals surface area contributed by atoms with Crippen molar-refractivity contribution in [1.29, 1.82) is 0 Å². The molecule has 1 fully saturated rings. The van der Waals surface area contributed by atoms with Crippen molar-refractivity contribution in [2.45, 2.75) is 13.5 Å². The number of para-hydroxylation sites is 1. The van der Waals surface area contributed by atoms with Gasteiger partial charge in [-0.05, 0) is 49.4 Å². The predicted octanol–water partition coefficient (Wildman–Crippen LogP) is 5.42. The number of carbonyl (C=O) groups excluding carboxylic acids is 2. The summed E-state index contributed by atoms with van der Waals surface area (Å²) in [5, 5.41) is 8.01. The van der Waals surface area contributed by atoms with E-state index in [-0.39, 0.29) is 12.1 Å². The number of rotatable bonds is 4. The molecular formula is C24H22N4O3. The van der Waals surface area contributed by atoms with Gasteiger partial charge in [0.15, 0.2) is 0 Å². The average molecular weight is 414 g/mol. The van der Waals surface area contributed by atoms with Crippen LogP contribution in [0.4, 0.5) is 26.7 Å². The molecule has 156 valence electrons. The van der Waals surface area contributed by atoms with Crippen molar-refractivity contribution in [3.63, 3.8) is 0 Å². The Labute approximate surface area is 179 Å². The molecule has 0 saturated carbocycles. The molecule has 31 heavy (non-hydrogen) atoms. The van der Waals surface area contributed by atoms with Crippen LogP contribution in [0.2, 0.25) is 0 Å². The molecule has 1 aromatic heterocycles. The maximum Gasteiger partial charge on any atom is 0.414 e. The number of aromatic nitrogens is 1. The fraction of sp³-hybridized carbons (Fsp3) is 0.167. The van der Waals surface area contributed by atoms with Gasteiger partial charge < -0.3 is 19.9 Å². The van der Waals surface area contributed by atoms with Gasteiger partial charge in [0.1, 0.15) is 6.61 Å². The van der Waals surface area contributed by atoms with E-state index in [1.807, 2.05) is 36.4 Å². The summed E-state index contributed by atoms with van der Waals surface area (Å²) >= 11 is 0. The monoisotopic (exact) mass is 414 g/mol. The van der Waals surface area contributed by atoms with Gasteiger partial charge in [-0.2, -0.15) is 0 Å². The quantitative estimate of drug-likeness (QED) is 0.468. The van der Waals surface area contributed by atoms with Gasteiger partial charge in [-0.15, -0.1) is 0 Å². The zero-order chi connectivity index (χ0) is 21.4. The first-order valence-electron chi connectivity index (χ1n) is 10.3. The molecular weight excluding hydrogens is 392 g/mol. The molecule has 7 heteroatoms. The molecule has 3 aromatic carbocycles. The number of amides is 3. The molecule has 0 aliphatic carbocycles. The van der Waals surface area contributed by atoms with E-state index in [0.717, 1.165) is 22.8 Å². The van der Waals surface area contributed by atoms with Crippen molar-refractivity contribution in [1.82, 2.24) is 4.57 Å². The lowest BCUT2D eigenvalue weighted by molar-refractivity contribution is 0.181. The summed E-state index contributed by atoms with van der Waals surface area (Å²) in [4.78, 5) is 25.9. The van der Waals surface area contributed by atoms with Gasteiger partial charge in [0.25, 0.3) is 0 Å². The smallest absolute Gasteiger partial charge is 0.414 e. The Morgan fingerprint density at radius 3 is 2.48 bits per heavy atom. The van der Waals surface area contributed by atoms with Crippen LogP contribution in [-0.2, 0) is 11.3 Å². The summed E-state index contributed by atoms with van der Waals surface area (Å²) in [6.07, 6.45) is -0.374. The standard InChI is InChI=1S/C24H22N4O3/c1-2-27-21-9-4-3-8-19(21)20-15-17(10-11-22(20)27)26-23(29)25-16-6-5-7-18(14-16)28-12-13-31-24(28)30/h3-11,14-15H,2,12-13H2,1H3,(H2,25,26,29). The third-order valence-electron chi connectivity index (χ3n) is 5.52. The van der Waals surface area contributed by atoms with E-state index in [1.54, 1.807) is 23.1 Å². The number of aryl methyl sites for hydroxylation is 1. The summed E-state index contributed by atoms with van der Waals surface area (Å²) < 4.78 is 7.25. The molecule has 5 rings (SSSR count). The number of urea groups is 1. The molecule has 2 heterocycles. The Bertz CT molecular complexity index is 1310. The van der Waals surface area contributed by atoms with Crippen LogP contribution in [0.3, 0.4) is 0 Å². The number of nitrogens with one attached hydrogen (secondary N) is 2. The molecule has 1 saturated heterocycles. The third-order valence-corrected chi connectivity index (χ3v) is 5.52. The highest BCUT2D eigenvalue weighted by Crippen LogP contribution is 2.31. The highest BCUT2D eigenvalue weighted by atomic mass is 16.6. The fourth-order valence-corrected chi connectivity index (χ4v) is 4.15. The van der Waals surface area contributed by atoms with Gasteiger partial charge in [0.2, 0.25) is 0 Å². The van der Waals surface area contributed by atoms with Crippen LogP contribution in [0.15, 0.2) is 66.7 Å². The van der Waals surface area contributed by atoms with Crippen LogP contribution in [0.25, 0.3) is 21.8 Å². The van der Waals surface area contributed by atoms with E-state index in [2.05, 4.69) is 34.3 Å². The fourth-order valence-electron chi connectivity index (χ4n) is 4.15. The van der Waals surface area contributed by atoms with Crippen LogP contribution in [0, 0.1) is 0 Å². The minimum Gasteiger partial charge on any atom is -0.447 e. The van der Waals surface area contributed by atoms with Crippen molar-refractivity contribution >= 4 is 51.0 Å². The number of cyclic esters (lactones) is 1. The molecule has 0 radical (unpaired) electrons. The largest absolute Gasteiger partial charge is 0.447 e. The zero-order valence-corrected chi connectivity index (χ0v) is 17.1. The molecule has 2 N–H and O–H groups in total. The molecule has 0 bridgehead atoms. The van der Waals surface area contributed by atoms with Crippen LogP contribution in [0.1, 0.15) is 6.92 Å². The van der Waals surface area contributed by atoms with Crippen molar-refractivity contribution in [2.75, 3.05) is 28.7 Å². The lowest BCUT2D eigenvalue weighted by Gasteiger charge is -2.14. The van der Waals surface area contributed by atoms with Crippen LogP contribution < -0.4 is 15.5 Å². The van der Waals surface area contributed by atoms with Crippen LogP contribution in [-0.4, -0.2) is 29.8 Å². The van der Waals surface area contributed by atoms with Crippen molar-refractivity contribution in [3.8, 4) is 0 Å². The Hall–Kier alpha value is -4.00. The van der Waals surface area contributed by atoms with E-state index in [1.165, 1.54) is 5.52 Å².